The first-order valence-corrected chi connectivity index (χ1v) is 6.05. The van der Waals surface area contributed by atoms with E-state index in [0.717, 1.165) is 25.9 Å². The molecule has 1 aromatic rings. The number of esters is 1. The van der Waals surface area contributed by atoms with Gasteiger partial charge in [-0.15, -0.1) is 0 Å². The Balaban J connectivity index is 1.90. The summed E-state index contributed by atoms with van der Waals surface area (Å²) in [6.45, 7) is 1.89. The lowest BCUT2D eigenvalue weighted by Gasteiger charge is -2.27. The summed E-state index contributed by atoms with van der Waals surface area (Å²) in [4.78, 5) is 17.9. The van der Waals surface area contributed by atoms with Crippen molar-refractivity contribution in [1.82, 2.24) is 9.88 Å². The molecule has 0 aromatic carbocycles. The minimum absolute atomic E-state index is 0.00174. The first-order valence-electron chi connectivity index (χ1n) is 5.67. The minimum atomic E-state index is -0.165. The van der Waals surface area contributed by atoms with Crippen molar-refractivity contribution < 1.29 is 9.53 Å². The Hall–Kier alpha value is -1.13. The lowest BCUT2D eigenvalue weighted by Crippen LogP contribution is -2.35. The Labute approximate surface area is 106 Å². The summed E-state index contributed by atoms with van der Waals surface area (Å²) in [5.41, 5.74) is 0. The van der Waals surface area contributed by atoms with Crippen molar-refractivity contribution >= 4 is 17.6 Å². The lowest BCUT2D eigenvalue weighted by atomic mass is 9.97. The standard InChI is InChI=1S/C12H15ClN2O2/c1-15-6-4-9(5-7-15)12(16)17-10-2-3-11(13)14-8-10/h2-3,8-9H,4-7H2,1H3. The second-order valence-electron chi connectivity index (χ2n) is 4.32. The minimum Gasteiger partial charge on any atom is -0.425 e. The van der Waals surface area contributed by atoms with E-state index in [-0.39, 0.29) is 11.9 Å². The van der Waals surface area contributed by atoms with Crippen LogP contribution in [0.15, 0.2) is 18.3 Å². The summed E-state index contributed by atoms with van der Waals surface area (Å²) in [6, 6.07) is 3.26. The molecule has 5 heteroatoms. The van der Waals surface area contributed by atoms with E-state index in [4.69, 9.17) is 16.3 Å². The van der Waals surface area contributed by atoms with Crippen molar-refractivity contribution in [2.75, 3.05) is 20.1 Å². The molecule has 0 N–H and O–H groups in total. The number of ether oxygens (including phenoxy) is 1. The summed E-state index contributed by atoms with van der Waals surface area (Å²) < 4.78 is 5.27. The summed E-state index contributed by atoms with van der Waals surface area (Å²) >= 11 is 5.66. The van der Waals surface area contributed by atoms with Gasteiger partial charge in [-0.1, -0.05) is 11.6 Å². The van der Waals surface area contributed by atoms with E-state index < -0.39 is 0 Å². The maximum atomic E-state index is 11.9. The number of hydrogen-bond acceptors (Lipinski definition) is 4. The molecular formula is C12H15ClN2O2. The van der Waals surface area contributed by atoms with Crippen LogP contribution < -0.4 is 4.74 Å². The van der Waals surface area contributed by atoms with Gasteiger partial charge in [-0.05, 0) is 45.1 Å². The van der Waals surface area contributed by atoms with Crippen molar-refractivity contribution in [3.8, 4) is 5.75 Å². The maximum absolute atomic E-state index is 11.9. The zero-order chi connectivity index (χ0) is 12.3. The molecule has 1 aliphatic heterocycles. The van der Waals surface area contributed by atoms with Gasteiger partial charge in [0.25, 0.3) is 0 Å². The first-order chi connectivity index (χ1) is 8.15. The molecule has 17 heavy (non-hydrogen) atoms. The number of piperidine rings is 1. The van der Waals surface area contributed by atoms with E-state index in [1.807, 2.05) is 0 Å². The molecule has 1 fully saturated rings. The van der Waals surface area contributed by atoms with Gasteiger partial charge in [-0.25, -0.2) is 4.98 Å². The molecule has 0 aliphatic carbocycles. The molecule has 2 heterocycles. The number of halogens is 1. The predicted octanol–water partition coefficient (Wildman–Crippen LogP) is 1.98. The van der Waals surface area contributed by atoms with Crippen LogP contribution in [0.1, 0.15) is 12.8 Å². The zero-order valence-electron chi connectivity index (χ0n) is 9.73. The summed E-state index contributed by atoms with van der Waals surface area (Å²) in [5.74, 6) is 0.294. The molecule has 1 saturated heterocycles. The SMILES string of the molecule is CN1CCC(C(=O)Oc2ccc(Cl)nc2)CC1. The van der Waals surface area contributed by atoms with Gasteiger partial charge in [-0.2, -0.15) is 0 Å². The van der Waals surface area contributed by atoms with Crippen molar-refractivity contribution in [2.24, 2.45) is 5.92 Å². The lowest BCUT2D eigenvalue weighted by molar-refractivity contribution is -0.140. The Bertz CT molecular complexity index is 386. The van der Waals surface area contributed by atoms with Gasteiger partial charge >= 0.3 is 5.97 Å². The Kier molecular flexibility index (Phi) is 3.97. The van der Waals surface area contributed by atoms with Crippen molar-refractivity contribution in [1.29, 1.82) is 0 Å². The van der Waals surface area contributed by atoms with Gasteiger partial charge in [0.1, 0.15) is 10.9 Å². The fourth-order valence-electron chi connectivity index (χ4n) is 1.87. The fourth-order valence-corrected chi connectivity index (χ4v) is 1.98. The highest BCUT2D eigenvalue weighted by atomic mass is 35.5. The molecule has 0 bridgehead atoms. The maximum Gasteiger partial charge on any atom is 0.314 e. The van der Waals surface area contributed by atoms with Crippen LogP contribution in [-0.2, 0) is 4.79 Å². The highest BCUT2D eigenvalue weighted by Gasteiger charge is 2.25. The van der Waals surface area contributed by atoms with Crippen LogP contribution in [0.25, 0.3) is 0 Å². The molecule has 92 valence electrons. The molecule has 0 spiro atoms. The first kappa shape index (κ1) is 12.3. The highest BCUT2D eigenvalue weighted by Crippen LogP contribution is 2.20. The van der Waals surface area contributed by atoms with Gasteiger partial charge < -0.3 is 9.64 Å². The molecule has 0 unspecified atom stereocenters. The Morgan fingerprint density at radius 3 is 2.76 bits per heavy atom. The van der Waals surface area contributed by atoms with Crippen LogP contribution in [0.3, 0.4) is 0 Å². The van der Waals surface area contributed by atoms with E-state index in [0.29, 0.717) is 10.9 Å². The van der Waals surface area contributed by atoms with E-state index in [2.05, 4.69) is 16.9 Å². The highest BCUT2D eigenvalue weighted by molar-refractivity contribution is 6.29. The van der Waals surface area contributed by atoms with E-state index in [1.165, 1.54) is 6.20 Å². The number of rotatable bonds is 2. The molecule has 2 rings (SSSR count). The van der Waals surface area contributed by atoms with Crippen LogP contribution in [0.4, 0.5) is 0 Å². The van der Waals surface area contributed by atoms with Crippen LogP contribution >= 0.6 is 11.6 Å². The third-order valence-corrected chi connectivity index (χ3v) is 3.19. The third-order valence-electron chi connectivity index (χ3n) is 2.97. The number of aromatic nitrogens is 1. The Morgan fingerprint density at radius 1 is 1.47 bits per heavy atom. The molecule has 0 atom stereocenters. The van der Waals surface area contributed by atoms with Gasteiger partial charge in [0.15, 0.2) is 0 Å². The Morgan fingerprint density at radius 2 is 2.18 bits per heavy atom. The predicted molar refractivity (Wildman–Crippen MR) is 65.1 cm³/mol. The average molecular weight is 255 g/mol. The van der Waals surface area contributed by atoms with E-state index in [9.17, 15) is 4.79 Å². The molecule has 1 aromatic heterocycles. The average Bonchev–Trinajstić information content (AvgIpc) is 2.33. The fraction of sp³-hybridized carbons (Fsp3) is 0.500. The van der Waals surface area contributed by atoms with Crippen LogP contribution in [0.5, 0.6) is 5.75 Å². The molecule has 0 saturated carbocycles. The summed E-state index contributed by atoms with van der Waals surface area (Å²) in [6.07, 6.45) is 3.18. The van der Waals surface area contributed by atoms with Gasteiger partial charge in [0.2, 0.25) is 0 Å². The largest absolute Gasteiger partial charge is 0.425 e. The monoisotopic (exact) mass is 254 g/mol. The normalized spacial score (nSPS) is 18.0. The second-order valence-corrected chi connectivity index (χ2v) is 4.70. The molecule has 1 aliphatic rings. The number of likely N-dealkylation sites (tertiary alicyclic amines) is 1. The second kappa shape index (κ2) is 5.47. The van der Waals surface area contributed by atoms with Gasteiger partial charge in [-0.3, -0.25) is 4.79 Å². The number of hydrogen-bond donors (Lipinski definition) is 0. The third kappa shape index (κ3) is 3.41. The number of pyridine rings is 1. The number of carbonyl (C=O) groups is 1. The van der Waals surface area contributed by atoms with Crippen molar-refractivity contribution in [3.63, 3.8) is 0 Å². The van der Waals surface area contributed by atoms with Crippen LogP contribution in [0.2, 0.25) is 5.15 Å². The number of carbonyl (C=O) groups excluding carboxylic acids is 1. The van der Waals surface area contributed by atoms with Gasteiger partial charge in [0, 0.05) is 0 Å². The topological polar surface area (TPSA) is 42.4 Å². The van der Waals surface area contributed by atoms with Crippen molar-refractivity contribution in [3.05, 3.63) is 23.5 Å². The van der Waals surface area contributed by atoms with Gasteiger partial charge in [0.05, 0.1) is 12.1 Å². The van der Waals surface area contributed by atoms with Crippen LogP contribution in [0, 0.1) is 5.92 Å². The molecule has 0 amide bonds. The molecule has 4 nitrogen and oxygen atoms in total. The van der Waals surface area contributed by atoms with Crippen molar-refractivity contribution in [2.45, 2.75) is 12.8 Å². The van der Waals surface area contributed by atoms with E-state index >= 15 is 0 Å². The van der Waals surface area contributed by atoms with E-state index in [1.54, 1.807) is 12.1 Å². The zero-order valence-corrected chi connectivity index (χ0v) is 10.5. The summed E-state index contributed by atoms with van der Waals surface area (Å²) in [5, 5.41) is 0.393. The molecular weight excluding hydrogens is 240 g/mol. The summed E-state index contributed by atoms with van der Waals surface area (Å²) in [7, 11) is 2.06. The molecule has 0 radical (unpaired) electrons. The van der Waals surface area contributed by atoms with Crippen LogP contribution in [-0.4, -0.2) is 36.0 Å². The smallest absolute Gasteiger partial charge is 0.314 e. The number of nitrogens with zero attached hydrogens (tertiary/aromatic N) is 2. The quantitative estimate of drug-likeness (QED) is 0.598.